The molecule has 10 atom stereocenters. The third kappa shape index (κ3) is 6.39. The molecule has 5 aliphatic heterocycles. The number of epoxide rings is 5. The van der Waals surface area contributed by atoms with Crippen LogP contribution in [0.25, 0.3) is 0 Å². The summed E-state index contributed by atoms with van der Waals surface area (Å²) in [7, 11) is 0. The highest BCUT2D eigenvalue weighted by atomic mass is 16.6. The predicted octanol–water partition coefficient (Wildman–Crippen LogP) is 4.83. The van der Waals surface area contributed by atoms with Crippen LogP contribution in [0.1, 0.15) is 120 Å². The van der Waals surface area contributed by atoms with Gasteiger partial charge in [-0.15, -0.1) is 0 Å². The minimum Gasteiger partial charge on any atom is -0.390 e. The van der Waals surface area contributed by atoms with E-state index in [0.29, 0.717) is 31.2 Å². The van der Waals surface area contributed by atoms with Crippen LogP contribution in [0.3, 0.4) is 0 Å². The first-order valence-corrected chi connectivity index (χ1v) is 14.8. The summed E-state index contributed by atoms with van der Waals surface area (Å²) in [4.78, 5) is 0. The Kier molecular flexibility index (Phi) is 6.96. The Morgan fingerprint density at radius 3 is 1.35 bits per heavy atom. The van der Waals surface area contributed by atoms with E-state index in [1.807, 2.05) is 0 Å². The first kappa shape index (κ1) is 28.3. The molecule has 5 rings (SSSR count). The summed E-state index contributed by atoms with van der Waals surface area (Å²) in [6.07, 6.45) is 9.23. The highest BCUT2D eigenvalue weighted by Crippen LogP contribution is 2.51. The van der Waals surface area contributed by atoms with Crippen molar-refractivity contribution < 1.29 is 33.9 Å². The van der Waals surface area contributed by atoms with E-state index in [1.54, 1.807) is 6.92 Å². The normalized spacial score (nSPS) is 46.7. The molecule has 5 saturated heterocycles. The average molecular weight is 525 g/mol. The fraction of sp³-hybridized carbons (Fsp3) is 1.00. The standard InChI is InChI=1S/C30H52O7/c1-25(2)20(33-25)12-16-29(7)23(36-29)11-15-27(5,32)19(31)9-10-22-28(6,35-22)18-14-24-30(8,37-24)17-13-21-26(3,4)34-21/h19-24,31-32H,9-18H2,1-8H3/t19-,20+,21+,22+,23+,24+,27+,28+,29+,30+/m1/s1. The monoisotopic (exact) mass is 524 g/mol. The van der Waals surface area contributed by atoms with Gasteiger partial charge in [0.15, 0.2) is 0 Å². The van der Waals surface area contributed by atoms with Crippen molar-refractivity contribution in [2.45, 2.75) is 190 Å². The number of hydrogen-bond donors (Lipinski definition) is 2. The number of aliphatic hydroxyl groups excluding tert-OH is 1. The van der Waals surface area contributed by atoms with Gasteiger partial charge < -0.3 is 33.9 Å². The minimum absolute atomic E-state index is 0.0126. The molecule has 5 heterocycles. The number of hydrogen-bond acceptors (Lipinski definition) is 7. The molecule has 0 bridgehead atoms. The maximum Gasteiger partial charge on any atom is 0.0921 e. The zero-order valence-electron chi connectivity index (χ0n) is 24.5. The largest absolute Gasteiger partial charge is 0.390 e. The Bertz CT molecular complexity index is 857. The van der Waals surface area contributed by atoms with Gasteiger partial charge in [0.1, 0.15) is 0 Å². The van der Waals surface area contributed by atoms with E-state index >= 15 is 0 Å². The van der Waals surface area contributed by atoms with Crippen LogP contribution in [-0.2, 0) is 23.7 Å². The van der Waals surface area contributed by atoms with Gasteiger partial charge in [0, 0.05) is 0 Å². The van der Waals surface area contributed by atoms with Crippen molar-refractivity contribution >= 4 is 0 Å². The minimum atomic E-state index is -1.12. The Morgan fingerprint density at radius 2 is 0.946 bits per heavy atom. The molecule has 5 aliphatic rings. The van der Waals surface area contributed by atoms with Gasteiger partial charge in [0.2, 0.25) is 0 Å². The molecule has 0 saturated carbocycles. The van der Waals surface area contributed by atoms with Crippen LogP contribution in [-0.4, -0.2) is 80.4 Å². The van der Waals surface area contributed by atoms with E-state index in [4.69, 9.17) is 23.7 Å². The molecule has 0 radical (unpaired) electrons. The Hall–Kier alpha value is -0.280. The van der Waals surface area contributed by atoms with Crippen LogP contribution >= 0.6 is 0 Å². The van der Waals surface area contributed by atoms with Crippen LogP contribution in [0.2, 0.25) is 0 Å². The lowest BCUT2D eigenvalue weighted by atomic mass is 9.86. The maximum absolute atomic E-state index is 11.0. The van der Waals surface area contributed by atoms with Gasteiger partial charge in [0.25, 0.3) is 0 Å². The fourth-order valence-electron chi connectivity index (χ4n) is 6.57. The van der Waals surface area contributed by atoms with Gasteiger partial charge in [-0.25, -0.2) is 0 Å². The second-order valence-corrected chi connectivity index (χ2v) is 14.8. The van der Waals surface area contributed by atoms with Gasteiger partial charge in [-0.05, 0) is 120 Å². The molecule has 0 amide bonds. The van der Waals surface area contributed by atoms with Crippen LogP contribution in [0.4, 0.5) is 0 Å². The van der Waals surface area contributed by atoms with E-state index in [1.165, 1.54) is 0 Å². The second kappa shape index (κ2) is 9.12. The molecule has 37 heavy (non-hydrogen) atoms. The zero-order chi connectivity index (χ0) is 27.1. The predicted molar refractivity (Wildman–Crippen MR) is 141 cm³/mol. The molecule has 0 spiro atoms. The smallest absolute Gasteiger partial charge is 0.0921 e. The van der Waals surface area contributed by atoms with E-state index in [-0.39, 0.29) is 40.2 Å². The van der Waals surface area contributed by atoms with Crippen molar-refractivity contribution in [2.75, 3.05) is 0 Å². The van der Waals surface area contributed by atoms with Crippen LogP contribution in [0.15, 0.2) is 0 Å². The molecule has 0 aromatic carbocycles. The Morgan fingerprint density at radius 1 is 0.595 bits per heavy atom. The van der Waals surface area contributed by atoms with Gasteiger partial charge in [-0.2, -0.15) is 0 Å². The molecule has 0 unspecified atom stereocenters. The summed E-state index contributed by atoms with van der Waals surface area (Å²) in [5.41, 5.74) is -1.32. The molecule has 0 aromatic heterocycles. The summed E-state index contributed by atoms with van der Waals surface area (Å²) < 4.78 is 29.5. The van der Waals surface area contributed by atoms with Crippen molar-refractivity contribution in [3.8, 4) is 0 Å². The first-order valence-electron chi connectivity index (χ1n) is 14.8. The van der Waals surface area contributed by atoms with Crippen molar-refractivity contribution in [1.29, 1.82) is 0 Å². The zero-order valence-corrected chi connectivity index (χ0v) is 24.5. The van der Waals surface area contributed by atoms with Crippen molar-refractivity contribution in [3.05, 3.63) is 0 Å². The highest BCUT2D eigenvalue weighted by Gasteiger charge is 2.58. The fourth-order valence-corrected chi connectivity index (χ4v) is 6.57. The molecule has 7 heteroatoms. The maximum atomic E-state index is 11.0. The van der Waals surface area contributed by atoms with Crippen molar-refractivity contribution in [2.24, 2.45) is 0 Å². The lowest BCUT2D eigenvalue weighted by Gasteiger charge is -2.29. The molecule has 0 aromatic rings. The van der Waals surface area contributed by atoms with Crippen LogP contribution < -0.4 is 0 Å². The quantitative estimate of drug-likeness (QED) is 0.279. The Balaban J connectivity index is 0.947. The van der Waals surface area contributed by atoms with E-state index in [9.17, 15) is 10.2 Å². The summed E-state index contributed by atoms with van der Waals surface area (Å²) in [5, 5.41) is 21.7. The van der Waals surface area contributed by atoms with E-state index in [0.717, 1.165) is 51.4 Å². The van der Waals surface area contributed by atoms with E-state index in [2.05, 4.69) is 48.5 Å². The van der Waals surface area contributed by atoms with Crippen LogP contribution in [0.5, 0.6) is 0 Å². The van der Waals surface area contributed by atoms with Gasteiger partial charge >= 0.3 is 0 Å². The average Bonchev–Trinajstić information content (AvgIpc) is 3.66. The first-order chi connectivity index (χ1) is 17.0. The van der Waals surface area contributed by atoms with Crippen LogP contribution in [0, 0.1) is 0 Å². The second-order valence-electron chi connectivity index (χ2n) is 14.8. The molecular formula is C30H52O7. The molecule has 5 fully saturated rings. The van der Waals surface area contributed by atoms with Gasteiger partial charge in [0.05, 0.1) is 70.2 Å². The summed E-state index contributed by atoms with van der Waals surface area (Å²) in [6, 6.07) is 0. The third-order valence-corrected chi connectivity index (χ3v) is 10.5. The lowest BCUT2D eigenvalue weighted by molar-refractivity contribution is -0.0730. The highest BCUT2D eigenvalue weighted by molar-refractivity contribution is 5.07. The molecule has 0 aliphatic carbocycles. The summed E-state index contributed by atoms with van der Waals surface area (Å²) in [6.45, 7) is 16.9. The van der Waals surface area contributed by atoms with Crippen molar-refractivity contribution in [3.63, 3.8) is 0 Å². The molecule has 2 N–H and O–H groups in total. The van der Waals surface area contributed by atoms with E-state index < -0.39 is 11.7 Å². The summed E-state index contributed by atoms with van der Waals surface area (Å²) in [5.74, 6) is 0. The van der Waals surface area contributed by atoms with Gasteiger partial charge in [-0.1, -0.05) is 0 Å². The number of aliphatic hydroxyl groups is 2. The molecular weight excluding hydrogens is 472 g/mol. The lowest BCUT2D eigenvalue weighted by Crippen LogP contribution is -2.40. The third-order valence-electron chi connectivity index (χ3n) is 10.5. The number of ether oxygens (including phenoxy) is 5. The molecule has 7 nitrogen and oxygen atoms in total. The van der Waals surface area contributed by atoms with Gasteiger partial charge in [-0.3, -0.25) is 0 Å². The SMILES string of the molecule is CC1(C)O[C@H]1CC[C@]1(C)O[C@H]1CC[C@](C)(O)[C@H](O)CC[C@@H]1O[C@@]1(C)CC[C@@H]1O[C@@]1(C)CC[C@@H]1OC1(C)C. The van der Waals surface area contributed by atoms with Crippen molar-refractivity contribution in [1.82, 2.24) is 0 Å². The molecule has 214 valence electrons. The topological polar surface area (TPSA) is 103 Å². The summed E-state index contributed by atoms with van der Waals surface area (Å²) >= 11 is 0. The number of rotatable bonds is 16. The Labute approximate surface area is 223 Å².